The second kappa shape index (κ2) is 8.66. The molecule has 0 bridgehead atoms. The second-order valence-corrected chi connectivity index (χ2v) is 9.16. The molecule has 1 aliphatic heterocycles. The lowest BCUT2D eigenvalue weighted by atomic mass is 10.1. The van der Waals surface area contributed by atoms with Gasteiger partial charge in [-0.3, -0.25) is 0 Å². The van der Waals surface area contributed by atoms with Crippen LogP contribution in [0, 0.1) is 13.8 Å². The molecule has 4 rings (SSSR count). The highest BCUT2D eigenvalue weighted by atomic mass is 32.2. The van der Waals surface area contributed by atoms with Crippen LogP contribution in [0.2, 0.25) is 0 Å². The monoisotopic (exact) mass is 432 g/mol. The minimum atomic E-state index is -3.66. The third-order valence-corrected chi connectivity index (χ3v) is 7.18. The highest BCUT2D eigenvalue weighted by molar-refractivity contribution is 7.89. The molecule has 0 spiro atoms. The molecule has 10 heteroatoms. The molecule has 1 fully saturated rings. The van der Waals surface area contributed by atoms with Crippen LogP contribution in [0.15, 0.2) is 44.3 Å². The summed E-state index contributed by atoms with van der Waals surface area (Å²) in [5, 5.41) is 7.76. The largest absolute Gasteiger partial charge is 0.376 e. The van der Waals surface area contributed by atoms with Crippen molar-refractivity contribution in [2.24, 2.45) is 0 Å². The summed E-state index contributed by atoms with van der Waals surface area (Å²) < 4.78 is 43.7. The lowest BCUT2D eigenvalue weighted by Gasteiger charge is -2.31. The van der Waals surface area contributed by atoms with Crippen LogP contribution in [0.25, 0.3) is 11.5 Å². The first kappa shape index (κ1) is 20.7. The molecule has 3 heterocycles. The van der Waals surface area contributed by atoms with Crippen LogP contribution < -0.4 is 0 Å². The van der Waals surface area contributed by atoms with Crippen LogP contribution in [0.4, 0.5) is 0 Å². The molecule has 0 radical (unpaired) electrons. The van der Waals surface area contributed by atoms with Gasteiger partial charge in [-0.2, -0.15) is 9.29 Å². The van der Waals surface area contributed by atoms with Gasteiger partial charge in [0.25, 0.3) is 5.89 Å². The maximum atomic E-state index is 13.0. The van der Waals surface area contributed by atoms with E-state index in [4.69, 9.17) is 13.8 Å². The highest BCUT2D eigenvalue weighted by Crippen LogP contribution is 2.26. The summed E-state index contributed by atoms with van der Waals surface area (Å²) in [7, 11) is -3.66. The molecule has 30 heavy (non-hydrogen) atoms. The Balaban J connectivity index is 1.33. The van der Waals surface area contributed by atoms with E-state index in [1.807, 2.05) is 30.3 Å². The van der Waals surface area contributed by atoms with Gasteiger partial charge in [-0.25, -0.2) is 8.42 Å². The minimum Gasteiger partial charge on any atom is -0.376 e. The van der Waals surface area contributed by atoms with Crippen molar-refractivity contribution in [1.82, 2.24) is 19.6 Å². The number of hydrogen-bond donors (Lipinski definition) is 0. The van der Waals surface area contributed by atoms with Gasteiger partial charge >= 0.3 is 0 Å². The van der Waals surface area contributed by atoms with E-state index in [1.54, 1.807) is 13.8 Å². The topological polar surface area (TPSA) is 112 Å². The normalized spacial score (nSPS) is 18.0. The van der Waals surface area contributed by atoms with Crippen molar-refractivity contribution >= 4 is 10.0 Å². The van der Waals surface area contributed by atoms with Crippen LogP contribution in [0.5, 0.6) is 0 Å². The quantitative estimate of drug-likeness (QED) is 0.560. The third-order valence-electron chi connectivity index (χ3n) is 5.07. The number of benzene rings is 1. The van der Waals surface area contributed by atoms with Gasteiger partial charge in [0.15, 0.2) is 11.6 Å². The molecule has 1 atom stereocenters. The lowest BCUT2D eigenvalue weighted by Crippen LogP contribution is -2.43. The molecule has 3 aromatic rings. The first-order chi connectivity index (χ1) is 14.4. The van der Waals surface area contributed by atoms with Crippen LogP contribution >= 0.6 is 0 Å². The summed E-state index contributed by atoms with van der Waals surface area (Å²) in [6.07, 6.45) is 1.83. The van der Waals surface area contributed by atoms with Crippen molar-refractivity contribution in [3.8, 4) is 11.5 Å². The number of nitrogens with zero attached hydrogens (tertiary/aromatic N) is 4. The third kappa shape index (κ3) is 4.30. The minimum absolute atomic E-state index is 0.156. The Bertz CT molecular complexity index is 1070. The van der Waals surface area contributed by atoms with Crippen molar-refractivity contribution in [3.63, 3.8) is 0 Å². The van der Waals surface area contributed by atoms with Gasteiger partial charge in [-0.05, 0) is 38.8 Å². The Hall–Kier alpha value is -2.56. The van der Waals surface area contributed by atoms with Crippen molar-refractivity contribution < 1.29 is 22.2 Å². The Morgan fingerprint density at radius 3 is 2.70 bits per heavy atom. The summed E-state index contributed by atoms with van der Waals surface area (Å²) in [5.74, 6) is 1.34. The van der Waals surface area contributed by atoms with Gasteiger partial charge < -0.3 is 13.8 Å². The fourth-order valence-electron chi connectivity index (χ4n) is 3.60. The molecular formula is C20H24N4O5S. The molecule has 0 N–H and O–H groups in total. The number of aryl methyl sites for hydroxylation is 2. The fourth-order valence-corrected chi connectivity index (χ4v) is 5.40. The van der Waals surface area contributed by atoms with Crippen LogP contribution in [-0.4, -0.2) is 53.8 Å². The van der Waals surface area contributed by atoms with Crippen molar-refractivity contribution in [3.05, 3.63) is 47.6 Å². The Kier molecular flexibility index (Phi) is 5.98. The molecule has 1 unspecified atom stereocenters. The second-order valence-electron chi connectivity index (χ2n) is 7.28. The zero-order valence-electron chi connectivity index (χ0n) is 16.9. The molecule has 0 aliphatic carbocycles. The van der Waals surface area contributed by atoms with E-state index in [2.05, 4.69) is 15.3 Å². The van der Waals surface area contributed by atoms with Gasteiger partial charge in [-0.1, -0.05) is 28.5 Å². The van der Waals surface area contributed by atoms with E-state index < -0.39 is 10.0 Å². The van der Waals surface area contributed by atoms with Gasteiger partial charge in [0.05, 0.1) is 12.7 Å². The Labute approximate surface area is 175 Å². The molecule has 2 aromatic heterocycles. The predicted octanol–water partition coefficient (Wildman–Crippen LogP) is 2.75. The maximum Gasteiger partial charge on any atom is 0.257 e. The Morgan fingerprint density at radius 2 is 1.97 bits per heavy atom. The number of rotatable bonds is 7. The number of ether oxygens (including phenoxy) is 1. The smallest absolute Gasteiger partial charge is 0.257 e. The molecule has 0 saturated carbocycles. The van der Waals surface area contributed by atoms with E-state index in [0.29, 0.717) is 49.3 Å². The van der Waals surface area contributed by atoms with Crippen LogP contribution in [-0.2, 0) is 21.2 Å². The summed E-state index contributed by atoms with van der Waals surface area (Å²) in [6, 6.07) is 9.56. The van der Waals surface area contributed by atoms with Crippen LogP contribution in [0.3, 0.4) is 0 Å². The number of hydrogen-bond acceptors (Lipinski definition) is 8. The molecule has 1 aromatic carbocycles. The standard InChI is InChI=1S/C20H24N4O5S/c1-14-19(15(2)28-22-14)30(25,26)24-11-6-9-17(13-24)27-12-10-18-21-20(29-23-18)16-7-4-3-5-8-16/h3-5,7-8,17H,6,9-13H2,1-2H3. The van der Waals surface area contributed by atoms with Crippen molar-refractivity contribution in [1.29, 1.82) is 0 Å². The lowest BCUT2D eigenvalue weighted by molar-refractivity contribution is 0.0198. The predicted molar refractivity (Wildman–Crippen MR) is 107 cm³/mol. The zero-order chi connectivity index (χ0) is 21.1. The van der Waals surface area contributed by atoms with E-state index >= 15 is 0 Å². The van der Waals surface area contributed by atoms with Gasteiger partial charge in [0.1, 0.15) is 10.6 Å². The SMILES string of the molecule is Cc1noc(C)c1S(=O)(=O)N1CCCC(OCCc2noc(-c3ccccc3)n2)C1. The zero-order valence-corrected chi connectivity index (χ0v) is 17.8. The average molecular weight is 433 g/mol. The van der Waals surface area contributed by atoms with E-state index in [-0.39, 0.29) is 11.0 Å². The van der Waals surface area contributed by atoms with Gasteiger partial charge in [-0.15, -0.1) is 0 Å². The Morgan fingerprint density at radius 1 is 1.17 bits per heavy atom. The number of piperidine rings is 1. The van der Waals surface area contributed by atoms with Crippen molar-refractivity contribution in [2.75, 3.05) is 19.7 Å². The number of sulfonamides is 1. The summed E-state index contributed by atoms with van der Waals surface area (Å²) in [6.45, 7) is 4.39. The van der Waals surface area contributed by atoms with Gasteiger partial charge in [0.2, 0.25) is 10.0 Å². The molecular weight excluding hydrogens is 408 g/mol. The maximum absolute atomic E-state index is 13.0. The average Bonchev–Trinajstić information content (AvgIpc) is 3.35. The molecule has 1 aliphatic rings. The highest BCUT2D eigenvalue weighted by Gasteiger charge is 2.34. The molecule has 9 nitrogen and oxygen atoms in total. The van der Waals surface area contributed by atoms with Crippen LogP contribution in [0.1, 0.15) is 30.1 Å². The molecule has 0 amide bonds. The number of aromatic nitrogens is 3. The summed E-state index contributed by atoms with van der Waals surface area (Å²) in [4.78, 5) is 4.54. The fraction of sp³-hybridized carbons (Fsp3) is 0.450. The van der Waals surface area contributed by atoms with E-state index in [1.165, 1.54) is 4.31 Å². The van der Waals surface area contributed by atoms with E-state index in [0.717, 1.165) is 18.4 Å². The first-order valence-electron chi connectivity index (χ1n) is 9.88. The van der Waals surface area contributed by atoms with E-state index in [9.17, 15) is 8.42 Å². The molecule has 160 valence electrons. The first-order valence-corrected chi connectivity index (χ1v) is 11.3. The summed E-state index contributed by atoms with van der Waals surface area (Å²) >= 11 is 0. The van der Waals surface area contributed by atoms with Gasteiger partial charge in [0, 0.05) is 25.1 Å². The van der Waals surface area contributed by atoms with Crippen molar-refractivity contribution in [2.45, 2.75) is 44.1 Å². The summed E-state index contributed by atoms with van der Waals surface area (Å²) in [5.41, 5.74) is 1.24. The molecule has 1 saturated heterocycles.